The molecule has 1 aromatic carbocycles. The van der Waals surface area contributed by atoms with Gasteiger partial charge in [0, 0.05) is 6.42 Å². The average molecular weight is 194 g/mol. The first-order valence-corrected chi connectivity index (χ1v) is 4.84. The van der Waals surface area contributed by atoms with E-state index in [1.165, 1.54) is 11.1 Å². The molecule has 0 aliphatic heterocycles. The summed E-state index contributed by atoms with van der Waals surface area (Å²) in [5, 5.41) is 0.673. The molecule has 0 heterocycles. The summed E-state index contributed by atoms with van der Waals surface area (Å²) in [5.74, 6) is 0. The number of rotatable bonds is 3. The predicted octanol–water partition coefficient (Wildman–Crippen LogP) is 2.90. The normalized spacial score (nSPS) is 9.69. The average Bonchev–Trinajstić information content (AvgIpc) is 2.09. The second-order valence-corrected chi connectivity index (χ2v) is 3.42. The zero-order valence-electron chi connectivity index (χ0n) is 8.04. The highest BCUT2D eigenvalue weighted by molar-refractivity contribution is 7.80. The summed E-state index contributed by atoms with van der Waals surface area (Å²) >= 11 is 5.05. The molecule has 0 N–H and O–H groups in total. The monoisotopic (exact) mass is 194 g/mol. The Hall–Kier alpha value is -0.890. The van der Waals surface area contributed by atoms with Crippen molar-refractivity contribution in [1.29, 1.82) is 0 Å². The Kier molecular flexibility index (Phi) is 3.90. The second kappa shape index (κ2) is 4.97. The minimum atomic E-state index is 0.657. The van der Waals surface area contributed by atoms with Gasteiger partial charge in [0.05, 0.1) is 6.61 Å². The van der Waals surface area contributed by atoms with Gasteiger partial charge in [-0.2, -0.15) is 0 Å². The first-order chi connectivity index (χ1) is 6.22. The molecule has 0 atom stereocenters. The van der Waals surface area contributed by atoms with E-state index in [1.807, 2.05) is 6.92 Å². The molecular weight excluding hydrogens is 180 g/mol. The van der Waals surface area contributed by atoms with Crippen LogP contribution in [0.5, 0.6) is 0 Å². The van der Waals surface area contributed by atoms with Crippen LogP contribution < -0.4 is 0 Å². The summed E-state index contributed by atoms with van der Waals surface area (Å²) in [6.07, 6.45) is 0.740. The van der Waals surface area contributed by atoms with Crippen molar-refractivity contribution in [2.24, 2.45) is 0 Å². The van der Waals surface area contributed by atoms with E-state index >= 15 is 0 Å². The zero-order chi connectivity index (χ0) is 9.68. The molecule has 0 saturated heterocycles. The molecule has 0 bridgehead atoms. The van der Waals surface area contributed by atoms with Gasteiger partial charge in [-0.1, -0.05) is 29.8 Å². The third kappa shape index (κ3) is 3.55. The van der Waals surface area contributed by atoms with E-state index in [2.05, 4.69) is 31.2 Å². The fourth-order valence-electron chi connectivity index (χ4n) is 1.08. The van der Waals surface area contributed by atoms with Crippen molar-refractivity contribution in [2.75, 3.05) is 6.61 Å². The first-order valence-electron chi connectivity index (χ1n) is 4.43. The van der Waals surface area contributed by atoms with E-state index in [-0.39, 0.29) is 0 Å². The lowest BCUT2D eigenvalue weighted by Crippen LogP contribution is -2.04. The second-order valence-electron chi connectivity index (χ2n) is 2.97. The number of hydrogen-bond donors (Lipinski definition) is 0. The van der Waals surface area contributed by atoms with Crippen LogP contribution in [0.1, 0.15) is 18.1 Å². The highest BCUT2D eigenvalue weighted by Gasteiger charge is 1.98. The van der Waals surface area contributed by atoms with Crippen LogP contribution in [0, 0.1) is 6.92 Å². The molecule has 2 heteroatoms. The van der Waals surface area contributed by atoms with Gasteiger partial charge in [-0.05, 0) is 31.6 Å². The van der Waals surface area contributed by atoms with E-state index in [0.717, 1.165) is 6.42 Å². The lowest BCUT2D eigenvalue weighted by Gasteiger charge is -2.04. The maximum Gasteiger partial charge on any atom is 0.164 e. The van der Waals surface area contributed by atoms with Gasteiger partial charge in [0.15, 0.2) is 5.05 Å². The van der Waals surface area contributed by atoms with Crippen LogP contribution in [0.25, 0.3) is 0 Å². The van der Waals surface area contributed by atoms with Gasteiger partial charge in [-0.15, -0.1) is 0 Å². The van der Waals surface area contributed by atoms with E-state index in [0.29, 0.717) is 11.7 Å². The van der Waals surface area contributed by atoms with Crippen molar-refractivity contribution < 1.29 is 4.74 Å². The molecule has 0 unspecified atom stereocenters. The quantitative estimate of drug-likeness (QED) is 0.684. The minimum absolute atomic E-state index is 0.657. The van der Waals surface area contributed by atoms with Crippen molar-refractivity contribution >= 4 is 17.3 Å². The summed E-state index contributed by atoms with van der Waals surface area (Å²) in [6, 6.07) is 8.34. The minimum Gasteiger partial charge on any atom is -0.487 e. The number of aryl methyl sites for hydroxylation is 1. The van der Waals surface area contributed by atoms with Crippen molar-refractivity contribution in [3.63, 3.8) is 0 Å². The smallest absolute Gasteiger partial charge is 0.164 e. The maximum atomic E-state index is 5.21. The van der Waals surface area contributed by atoms with Crippen molar-refractivity contribution in [3.05, 3.63) is 35.4 Å². The van der Waals surface area contributed by atoms with Crippen LogP contribution in [0.15, 0.2) is 24.3 Å². The summed E-state index contributed by atoms with van der Waals surface area (Å²) in [5.41, 5.74) is 2.48. The van der Waals surface area contributed by atoms with E-state index in [1.54, 1.807) is 0 Å². The molecule has 1 aromatic rings. The van der Waals surface area contributed by atoms with Crippen molar-refractivity contribution in [1.82, 2.24) is 0 Å². The summed E-state index contributed by atoms with van der Waals surface area (Å²) in [7, 11) is 0. The molecular formula is C11H14OS. The Bertz CT molecular complexity index is 277. The third-order valence-corrected chi connectivity index (χ3v) is 2.04. The Morgan fingerprint density at radius 3 is 2.46 bits per heavy atom. The van der Waals surface area contributed by atoms with Crippen LogP contribution in [-0.4, -0.2) is 11.7 Å². The molecule has 0 radical (unpaired) electrons. The van der Waals surface area contributed by atoms with Crippen molar-refractivity contribution in [3.8, 4) is 0 Å². The van der Waals surface area contributed by atoms with E-state index in [4.69, 9.17) is 17.0 Å². The molecule has 1 rings (SSSR count). The lowest BCUT2D eigenvalue weighted by molar-refractivity contribution is 0.330. The van der Waals surface area contributed by atoms with Gasteiger partial charge < -0.3 is 4.74 Å². The molecule has 0 saturated carbocycles. The first kappa shape index (κ1) is 10.2. The largest absolute Gasteiger partial charge is 0.487 e. The highest BCUT2D eigenvalue weighted by Crippen LogP contribution is 2.05. The standard InChI is InChI=1S/C11H14OS/c1-3-12-11(13)8-10-6-4-9(2)5-7-10/h4-7H,3,8H2,1-2H3. The molecule has 13 heavy (non-hydrogen) atoms. The summed E-state index contributed by atoms with van der Waals surface area (Å²) < 4.78 is 5.21. The SMILES string of the molecule is CCOC(=S)Cc1ccc(C)cc1. The molecule has 0 spiro atoms. The van der Waals surface area contributed by atoms with Crippen LogP contribution in [0.3, 0.4) is 0 Å². The van der Waals surface area contributed by atoms with E-state index < -0.39 is 0 Å². The Morgan fingerprint density at radius 1 is 1.31 bits per heavy atom. The Labute approximate surface area is 84.7 Å². The van der Waals surface area contributed by atoms with Crippen LogP contribution >= 0.6 is 12.2 Å². The topological polar surface area (TPSA) is 9.23 Å². The summed E-state index contributed by atoms with van der Waals surface area (Å²) in [4.78, 5) is 0. The van der Waals surface area contributed by atoms with Gasteiger partial charge in [0.1, 0.15) is 0 Å². The number of ether oxygens (including phenoxy) is 1. The zero-order valence-corrected chi connectivity index (χ0v) is 8.86. The molecule has 0 fully saturated rings. The predicted molar refractivity (Wildman–Crippen MR) is 59.1 cm³/mol. The molecule has 0 aliphatic carbocycles. The number of benzene rings is 1. The van der Waals surface area contributed by atoms with Crippen molar-refractivity contribution in [2.45, 2.75) is 20.3 Å². The van der Waals surface area contributed by atoms with Gasteiger partial charge in [0.2, 0.25) is 0 Å². The van der Waals surface area contributed by atoms with Gasteiger partial charge in [0.25, 0.3) is 0 Å². The maximum absolute atomic E-state index is 5.21. The number of hydrogen-bond acceptors (Lipinski definition) is 2. The third-order valence-electron chi connectivity index (χ3n) is 1.77. The van der Waals surface area contributed by atoms with Gasteiger partial charge in [-0.25, -0.2) is 0 Å². The van der Waals surface area contributed by atoms with E-state index in [9.17, 15) is 0 Å². The Morgan fingerprint density at radius 2 is 1.92 bits per heavy atom. The summed E-state index contributed by atoms with van der Waals surface area (Å²) in [6.45, 7) is 4.68. The van der Waals surface area contributed by atoms with Crippen LogP contribution in [-0.2, 0) is 11.2 Å². The van der Waals surface area contributed by atoms with Crippen LogP contribution in [0.4, 0.5) is 0 Å². The molecule has 0 aliphatic rings. The fraction of sp³-hybridized carbons (Fsp3) is 0.364. The molecule has 1 nitrogen and oxygen atoms in total. The molecule has 70 valence electrons. The number of thiocarbonyl (C=S) groups is 1. The van der Waals surface area contributed by atoms with Gasteiger partial charge in [-0.3, -0.25) is 0 Å². The van der Waals surface area contributed by atoms with Gasteiger partial charge >= 0.3 is 0 Å². The fourth-order valence-corrected chi connectivity index (χ4v) is 1.37. The Balaban J connectivity index is 2.54. The highest BCUT2D eigenvalue weighted by atomic mass is 32.1. The molecule has 0 aromatic heterocycles. The molecule has 0 amide bonds. The lowest BCUT2D eigenvalue weighted by atomic mass is 10.1. The van der Waals surface area contributed by atoms with Crippen LogP contribution in [0.2, 0.25) is 0 Å².